The molecule has 6 nitrogen and oxygen atoms in total. The predicted octanol–water partition coefficient (Wildman–Crippen LogP) is 4.22. The summed E-state index contributed by atoms with van der Waals surface area (Å²) in [7, 11) is 0. The highest BCUT2D eigenvalue weighted by atomic mass is 35.5. The van der Waals surface area contributed by atoms with Gasteiger partial charge in [-0.1, -0.05) is 59.1 Å². The van der Waals surface area contributed by atoms with E-state index in [0.29, 0.717) is 21.4 Å². The van der Waals surface area contributed by atoms with Crippen molar-refractivity contribution in [2.75, 3.05) is 0 Å². The Morgan fingerprint density at radius 3 is 2.23 bits per heavy atom. The lowest BCUT2D eigenvalue weighted by Gasteiger charge is -2.13. The maximum atomic E-state index is 12.3. The molecule has 0 atom stereocenters. The molecule has 0 unspecified atom stereocenters. The molecule has 0 bridgehead atoms. The number of fused-ring (bicyclic) bond motifs is 1. The van der Waals surface area contributed by atoms with Gasteiger partial charge in [-0.3, -0.25) is 9.59 Å². The summed E-state index contributed by atoms with van der Waals surface area (Å²) in [6.07, 6.45) is -0.128. The van der Waals surface area contributed by atoms with E-state index in [1.165, 1.54) is 12.1 Å². The van der Waals surface area contributed by atoms with E-state index in [2.05, 4.69) is 0 Å². The minimum atomic E-state index is -0.729. The zero-order chi connectivity index (χ0) is 21.1. The third kappa shape index (κ3) is 4.04. The van der Waals surface area contributed by atoms with Crippen molar-refractivity contribution in [3.05, 3.63) is 100 Å². The number of benzene rings is 3. The largest absolute Gasteiger partial charge is 0.489 e. The van der Waals surface area contributed by atoms with Crippen LogP contribution in [0.5, 0.6) is 5.75 Å². The first-order valence-electron chi connectivity index (χ1n) is 9.16. The molecule has 0 aromatic heterocycles. The van der Waals surface area contributed by atoms with E-state index in [1.54, 1.807) is 42.5 Å². The van der Waals surface area contributed by atoms with E-state index >= 15 is 0 Å². The van der Waals surface area contributed by atoms with Gasteiger partial charge in [-0.25, -0.2) is 4.79 Å². The maximum absolute atomic E-state index is 12.3. The van der Waals surface area contributed by atoms with Crippen LogP contribution in [0.1, 0.15) is 31.8 Å². The quantitative estimate of drug-likeness (QED) is 0.557. The van der Waals surface area contributed by atoms with Crippen LogP contribution in [-0.4, -0.2) is 22.8 Å². The van der Waals surface area contributed by atoms with Crippen LogP contribution in [0.4, 0.5) is 0 Å². The molecule has 2 amide bonds. The lowest BCUT2D eigenvalue weighted by atomic mass is 10.1. The average molecular weight is 422 g/mol. The van der Waals surface area contributed by atoms with Crippen LogP contribution in [0.25, 0.3) is 0 Å². The molecule has 1 heterocycles. The van der Waals surface area contributed by atoms with E-state index in [4.69, 9.17) is 21.2 Å². The molecule has 3 aromatic carbocycles. The molecule has 0 saturated carbocycles. The molecule has 0 N–H and O–H groups in total. The Morgan fingerprint density at radius 1 is 0.867 bits per heavy atom. The Morgan fingerprint density at radius 2 is 1.53 bits per heavy atom. The van der Waals surface area contributed by atoms with Gasteiger partial charge in [0.1, 0.15) is 12.4 Å². The Kier molecular flexibility index (Phi) is 5.50. The molecule has 30 heavy (non-hydrogen) atoms. The SMILES string of the molecule is O=C(Cc1cccc(OCc2ccccc2Cl)c1)ON1C(=O)c2ccccc2C1=O. The average Bonchev–Trinajstić information content (AvgIpc) is 2.98. The summed E-state index contributed by atoms with van der Waals surface area (Å²) in [5.74, 6) is -1.48. The monoisotopic (exact) mass is 421 g/mol. The number of hydroxylamine groups is 2. The van der Waals surface area contributed by atoms with Gasteiger partial charge in [-0.2, -0.15) is 0 Å². The van der Waals surface area contributed by atoms with E-state index < -0.39 is 17.8 Å². The summed E-state index contributed by atoms with van der Waals surface area (Å²) in [5, 5.41) is 1.11. The molecule has 4 rings (SSSR count). The summed E-state index contributed by atoms with van der Waals surface area (Å²) in [4.78, 5) is 42.0. The highest BCUT2D eigenvalue weighted by Crippen LogP contribution is 2.23. The van der Waals surface area contributed by atoms with Gasteiger partial charge in [0.05, 0.1) is 17.5 Å². The summed E-state index contributed by atoms with van der Waals surface area (Å²) < 4.78 is 5.75. The molecule has 150 valence electrons. The molecule has 3 aromatic rings. The van der Waals surface area contributed by atoms with E-state index in [1.807, 2.05) is 18.2 Å². The first-order valence-corrected chi connectivity index (χ1v) is 9.54. The van der Waals surface area contributed by atoms with Gasteiger partial charge in [-0.05, 0) is 35.9 Å². The number of rotatable bonds is 6. The van der Waals surface area contributed by atoms with Gasteiger partial charge in [0.2, 0.25) is 0 Å². The molecule has 0 radical (unpaired) electrons. The fourth-order valence-electron chi connectivity index (χ4n) is 3.07. The normalized spacial score (nSPS) is 12.6. The number of imide groups is 1. The third-order valence-electron chi connectivity index (χ3n) is 4.55. The molecule has 1 aliphatic rings. The highest BCUT2D eigenvalue weighted by Gasteiger charge is 2.38. The number of halogens is 1. The Balaban J connectivity index is 1.38. The first-order chi connectivity index (χ1) is 14.5. The second-order valence-corrected chi connectivity index (χ2v) is 7.03. The molecule has 0 spiro atoms. The van der Waals surface area contributed by atoms with E-state index in [9.17, 15) is 14.4 Å². The van der Waals surface area contributed by atoms with Crippen molar-refractivity contribution in [1.29, 1.82) is 0 Å². The minimum absolute atomic E-state index is 0.128. The number of hydrogen-bond donors (Lipinski definition) is 0. The maximum Gasteiger partial charge on any atom is 0.337 e. The van der Waals surface area contributed by atoms with Gasteiger partial charge in [0.15, 0.2) is 0 Å². The standard InChI is InChI=1S/C23H16ClNO5/c24-20-11-4-1-7-16(20)14-29-17-8-5-6-15(12-17)13-21(26)30-25-22(27)18-9-2-3-10-19(18)23(25)28/h1-12H,13-14H2. The molecule has 0 saturated heterocycles. The number of nitrogens with zero attached hydrogens (tertiary/aromatic N) is 1. The zero-order valence-corrected chi connectivity index (χ0v) is 16.5. The van der Waals surface area contributed by atoms with Crippen LogP contribution < -0.4 is 4.74 Å². The number of carbonyl (C=O) groups excluding carboxylic acids is 3. The summed E-state index contributed by atoms with van der Waals surface area (Å²) in [6.45, 7) is 0.280. The van der Waals surface area contributed by atoms with Crippen molar-refractivity contribution in [3.8, 4) is 5.75 Å². The second kappa shape index (κ2) is 8.39. The molecule has 0 aliphatic carbocycles. The van der Waals surface area contributed by atoms with Crippen LogP contribution in [0, 0.1) is 0 Å². The lowest BCUT2D eigenvalue weighted by Crippen LogP contribution is -2.33. The Bertz CT molecular complexity index is 1110. The van der Waals surface area contributed by atoms with Crippen molar-refractivity contribution >= 4 is 29.4 Å². The molecule has 1 aliphatic heterocycles. The zero-order valence-electron chi connectivity index (χ0n) is 15.7. The van der Waals surface area contributed by atoms with Gasteiger partial charge in [-0.15, -0.1) is 0 Å². The van der Waals surface area contributed by atoms with Crippen LogP contribution in [-0.2, 0) is 22.7 Å². The minimum Gasteiger partial charge on any atom is -0.489 e. The summed E-state index contributed by atoms with van der Waals surface area (Å²) in [5.41, 5.74) is 1.89. The van der Waals surface area contributed by atoms with Gasteiger partial charge in [0.25, 0.3) is 11.8 Å². The lowest BCUT2D eigenvalue weighted by molar-refractivity contribution is -0.167. The van der Waals surface area contributed by atoms with Crippen molar-refractivity contribution in [2.24, 2.45) is 0 Å². The Hall–Kier alpha value is -3.64. The second-order valence-electron chi connectivity index (χ2n) is 6.62. The van der Waals surface area contributed by atoms with Crippen LogP contribution >= 0.6 is 11.6 Å². The highest BCUT2D eigenvalue weighted by molar-refractivity contribution is 6.31. The van der Waals surface area contributed by atoms with E-state index in [0.717, 1.165) is 5.56 Å². The number of ether oxygens (including phenoxy) is 1. The van der Waals surface area contributed by atoms with Crippen molar-refractivity contribution in [3.63, 3.8) is 0 Å². The molecular formula is C23H16ClNO5. The van der Waals surface area contributed by atoms with Gasteiger partial charge >= 0.3 is 5.97 Å². The van der Waals surface area contributed by atoms with E-state index in [-0.39, 0.29) is 24.2 Å². The third-order valence-corrected chi connectivity index (χ3v) is 4.92. The first kappa shape index (κ1) is 19.7. The number of carbonyl (C=O) groups is 3. The predicted molar refractivity (Wildman–Crippen MR) is 109 cm³/mol. The van der Waals surface area contributed by atoms with Crippen LogP contribution in [0.3, 0.4) is 0 Å². The van der Waals surface area contributed by atoms with Crippen LogP contribution in [0.15, 0.2) is 72.8 Å². The van der Waals surface area contributed by atoms with Crippen molar-refractivity contribution < 1.29 is 24.0 Å². The molecule has 7 heteroatoms. The fourth-order valence-corrected chi connectivity index (χ4v) is 3.26. The molecule has 0 fully saturated rings. The van der Waals surface area contributed by atoms with Crippen molar-refractivity contribution in [1.82, 2.24) is 5.06 Å². The fraction of sp³-hybridized carbons (Fsp3) is 0.0870. The van der Waals surface area contributed by atoms with Gasteiger partial charge in [0, 0.05) is 10.6 Å². The number of hydrogen-bond acceptors (Lipinski definition) is 5. The molecular weight excluding hydrogens is 406 g/mol. The number of amides is 2. The van der Waals surface area contributed by atoms with Crippen molar-refractivity contribution in [2.45, 2.75) is 13.0 Å². The Labute approximate surface area is 177 Å². The van der Waals surface area contributed by atoms with Gasteiger partial charge < -0.3 is 9.57 Å². The topological polar surface area (TPSA) is 72.9 Å². The summed E-state index contributed by atoms with van der Waals surface area (Å²) >= 11 is 6.13. The summed E-state index contributed by atoms with van der Waals surface area (Å²) in [6, 6.07) is 20.6. The smallest absolute Gasteiger partial charge is 0.337 e. The van der Waals surface area contributed by atoms with Crippen LogP contribution in [0.2, 0.25) is 5.02 Å².